The summed E-state index contributed by atoms with van der Waals surface area (Å²) in [6.45, 7) is 5.51. The summed E-state index contributed by atoms with van der Waals surface area (Å²) in [4.78, 5) is 23.6. The average Bonchev–Trinajstić information content (AvgIpc) is 3.11. The largest absolute Gasteiger partial charge is 0.356 e. The maximum Gasteiger partial charge on any atom is 0.225 e. The number of nitrogens with zero attached hydrogens (tertiary/aromatic N) is 5. The van der Waals surface area contributed by atoms with E-state index in [2.05, 4.69) is 25.3 Å². The van der Waals surface area contributed by atoms with Gasteiger partial charge < -0.3 is 10.2 Å². The van der Waals surface area contributed by atoms with E-state index in [1.54, 1.807) is 22.9 Å². The van der Waals surface area contributed by atoms with Crippen LogP contribution in [0.2, 0.25) is 0 Å². The molecule has 7 nitrogen and oxygen atoms in total. The van der Waals surface area contributed by atoms with Crippen LogP contribution in [-0.2, 0) is 11.3 Å². The van der Waals surface area contributed by atoms with E-state index in [1.807, 2.05) is 26.0 Å². The lowest BCUT2D eigenvalue weighted by atomic mass is 9.97. The number of anilines is 1. The predicted octanol–water partition coefficient (Wildman–Crippen LogP) is 2.95. The number of hydrogen-bond donors (Lipinski definition) is 1. The molecule has 0 saturated carbocycles. The van der Waals surface area contributed by atoms with E-state index in [1.165, 1.54) is 12.4 Å². The second kappa shape index (κ2) is 8.61. The Bertz CT molecular complexity index is 1050. The number of amides is 1. The van der Waals surface area contributed by atoms with Gasteiger partial charge in [-0.3, -0.25) is 4.79 Å². The number of carbonyl (C=O) groups is 1. The number of piperidine rings is 1. The van der Waals surface area contributed by atoms with Crippen molar-refractivity contribution in [3.05, 3.63) is 65.5 Å². The van der Waals surface area contributed by atoms with Crippen LogP contribution in [0.15, 0.2) is 42.7 Å². The Morgan fingerprint density at radius 3 is 2.77 bits per heavy atom. The number of nitrogens with one attached hydrogen (secondary N) is 1. The molecule has 3 aromatic rings. The van der Waals surface area contributed by atoms with E-state index in [-0.39, 0.29) is 24.2 Å². The summed E-state index contributed by atoms with van der Waals surface area (Å²) < 4.78 is 15.6. The van der Waals surface area contributed by atoms with Gasteiger partial charge in [-0.1, -0.05) is 18.2 Å². The first kappa shape index (κ1) is 20.0. The maximum absolute atomic E-state index is 13.8. The monoisotopic (exact) mass is 408 g/mol. The van der Waals surface area contributed by atoms with Gasteiger partial charge in [-0.25, -0.2) is 19.0 Å². The van der Waals surface area contributed by atoms with Crippen LogP contribution < -0.4 is 10.2 Å². The molecule has 0 unspecified atom stereocenters. The van der Waals surface area contributed by atoms with Crippen molar-refractivity contribution >= 4 is 11.7 Å². The van der Waals surface area contributed by atoms with Gasteiger partial charge in [0, 0.05) is 37.0 Å². The lowest BCUT2D eigenvalue weighted by Crippen LogP contribution is -2.43. The second-order valence-corrected chi connectivity index (χ2v) is 7.67. The van der Waals surface area contributed by atoms with Gasteiger partial charge >= 0.3 is 0 Å². The molecule has 1 amide bonds. The molecule has 0 aliphatic carbocycles. The molecule has 8 heteroatoms. The molecule has 1 atom stereocenters. The van der Waals surface area contributed by atoms with Crippen molar-refractivity contribution in [2.24, 2.45) is 5.92 Å². The normalized spacial score (nSPS) is 16.5. The fourth-order valence-electron chi connectivity index (χ4n) is 3.85. The van der Waals surface area contributed by atoms with Gasteiger partial charge in [0.25, 0.3) is 0 Å². The molecule has 1 aliphatic rings. The smallest absolute Gasteiger partial charge is 0.225 e. The number of carbonyl (C=O) groups excluding carboxylic acids is 1. The zero-order valence-electron chi connectivity index (χ0n) is 17.2. The summed E-state index contributed by atoms with van der Waals surface area (Å²) >= 11 is 0. The second-order valence-electron chi connectivity index (χ2n) is 7.67. The SMILES string of the molecule is Cc1cc(C)n(-c2cc(N3CCC[C@@H](C(=O)NCc4ccccc4F)C3)ncn2)n1. The number of aryl methyl sites for hydroxylation is 2. The number of benzene rings is 1. The summed E-state index contributed by atoms with van der Waals surface area (Å²) in [5.74, 6) is 0.949. The molecule has 30 heavy (non-hydrogen) atoms. The van der Waals surface area contributed by atoms with Gasteiger partial charge in [0.05, 0.1) is 11.6 Å². The molecule has 1 saturated heterocycles. The fraction of sp³-hybridized carbons (Fsp3) is 0.364. The number of hydrogen-bond acceptors (Lipinski definition) is 5. The quantitative estimate of drug-likeness (QED) is 0.703. The minimum absolute atomic E-state index is 0.0595. The molecule has 0 bridgehead atoms. The van der Waals surface area contributed by atoms with E-state index in [9.17, 15) is 9.18 Å². The van der Waals surface area contributed by atoms with Crippen LogP contribution in [0.1, 0.15) is 29.8 Å². The van der Waals surface area contributed by atoms with Gasteiger partial charge in [-0.05, 0) is 38.8 Å². The topological polar surface area (TPSA) is 75.9 Å². The van der Waals surface area contributed by atoms with Crippen LogP contribution in [0.4, 0.5) is 10.2 Å². The summed E-state index contributed by atoms with van der Waals surface area (Å²) in [5.41, 5.74) is 2.42. The summed E-state index contributed by atoms with van der Waals surface area (Å²) in [6, 6.07) is 10.4. The van der Waals surface area contributed by atoms with E-state index in [0.29, 0.717) is 17.9 Å². The van der Waals surface area contributed by atoms with Gasteiger partial charge in [0.2, 0.25) is 5.91 Å². The predicted molar refractivity (Wildman–Crippen MR) is 112 cm³/mol. The van der Waals surface area contributed by atoms with Crippen LogP contribution in [0.3, 0.4) is 0 Å². The number of rotatable bonds is 5. The number of halogens is 1. The molecule has 156 valence electrons. The first-order valence-corrected chi connectivity index (χ1v) is 10.1. The molecule has 2 aromatic heterocycles. The van der Waals surface area contributed by atoms with E-state index in [0.717, 1.165) is 36.6 Å². The van der Waals surface area contributed by atoms with Crippen molar-refractivity contribution in [1.82, 2.24) is 25.1 Å². The molecule has 1 N–H and O–H groups in total. The van der Waals surface area contributed by atoms with Crippen LogP contribution in [0, 0.1) is 25.6 Å². The highest BCUT2D eigenvalue weighted by Crippen LogP contribution is 2.23. The van der Waals surface area contributed by atoms with Crippen LogP contribution in [-0.4, -0.2) is 38.7 Å². The Kier molecular flexibility index (Phi) is 5.74. The first-order chi connectivity index (χ1) is 14.5. The van der Waals surface area contributed by atoms with Gasteiger partial charge in [-0.15, -0.1) is 0 Å². The first-order valence-electron chi connectivity index (χ1n) is 10.1. The van der Waals surface area contributed by atoms with E-state index >= 15 is 0 Å². The van der Waals surface area contributed by atoms with Crippen LogP contribution in [0.5, 0.6) is 0 Å². The van der Waals surface area contributed by atoms with Crippen LogP contribution in [0.25, 0.3) is 5.82 Å². The molecule has 1 aromatic carbocycles. The van der Waals surface area contributed by atoms with Gasteiger partial charge in [0.15, 0.2) is 5.82 Å². The van der Waals surface area contributed by atoms with Crippen molar-refractivity contribution in [2.45, 2.75) is 33.2 Å². The third kappa shape index (κ3) is 4.32. The third-order valence-corrected chi connectivity index (χ3v) is 5.39. The Morgan fingerprint density at radius 1 is 1.20 bits per heavy atom. The zero-order valence-corrected chi connectivity index (χ0v) is 17.2. The average molecular weight is 408 g/mol. The Morgan fingerprint density at radius 2 is 2.00 bits per heavy atom. The molecule has 4 rings (SSSR count). The number of aromatic nitrogens is 4. The molecular weight excluding hydrogens is 383 g/mol. The van der Waals surface area contributed by atoms with E-state index in [4.69, 9.17) is 0 Å². The molecule has 1 fully saturated rings. The van der Waals surface area contributed by atoms with Crippen molar-refractivity contribution < 1.29 is 9.18 Å². The highest BCUT2D eigenvalue weighted by Gasteiger charge is 2.27. The van der Waals surface area contributed by atoms with Gasteiger partial charge in [0.1, 0.15) is 18.0 Å². The minimum Gasteiger partial charge on any atom is -0.356 e. The van der Waals surface area contributed by atoms with E-state index < -0.39 is 0 Å². The van der Waals surface area contributed by atoms with Crippen molar-refractivity contribution in [3.63, 3.8) is 0 Å². The summed E-state index contributed by atoms with van der Waals surface area (Å²) in [5, 5.41) is 7.36. The standard InChI is InChI=1S/C22H25FN6O/c1-15-10-16(2)29(27-15)21-11-20(25-14-26-21)28-9-5-7-18(13-28)22(30)24-12-17-6-3-4-8-19(17)23/h3-4,6,8,10-11,14,18H,5,7,9,12-13H2,1-2H3,(H,24,30)/t18-/m1/s1. The van der Waals surface area contributed by atoms with Crippen molar-refractivity contribution in [2.75, 3.05) is 18.0 Å². The Balaban J connectivity index is 1.44. The van der Waals surface area contributed by atoms with Gasteiger partial charge in [-0.2, -0.15) is 5.10 Å². The zero-order chi connectivity index (χ0) is 21.1. The minimum atomic E-state index is -0.305. The molecular formula is C22H25FN6O. The molecule has 1 aliphatic heterocycles. The summed E-state index contributed by atoms with van der Waals surface area (Å²) in [7, 11) is 0. The van der Waals surface area contributed by atoms with Crippen molar-refractivity contribution in [3.8, 4) is 5.82 Å². The summed E-state index contributed by atoms with van der Waals surface area (Å²) in [6.07, 6.45) is 3.22. The maximum atomic E-state index is 13.8. The van der Waals surface area contributed by atoms with Crippen molar-refractivity contribution in [1.29, 1.82) is 0 Å². The van der Waals surface area contributed by atoms with Crippen LogP contribution >= 0.6 is 0 Å². The lowest BCUT2D eigenvalue weighted by molar-refractivity contribution is -0.125. The Labute approximate surface area is 175 Å². The lowest BCUT2D eigenvalue weighted by Gasteiger charge is -2.33. The molecule has 3 heterocycles. The fourth-order valence-corrected chi connectivity index (χ4v) is 3.85. The third-order valence-electron chi connectivity index (χ3n) is 5.39. The molecule has 0 radical (unpaired) electrons. The highest BCUT2D eigenvalue weighted by atomic mass is 19.1. The highest BCUT2D eigenvalue weighted by molar-refractivity contribution is 5.79. The molecule has 0 spiro atoms. The Hall–Kier alpha value is -3.29.